The Morgan fingerprint density at radius 1 is 1.35 bits per heavy atom. The van der Waals surface area contributed by atoms with E-state index in [1.54, 1.807) is 0 Å². The van der Waals surface area contributed by atoms with E-state index in [4.69, 9.17) is 11.2 Å². The van der Waals surface area contributed by atoms with Crippen LogP contribution in [0.4, 0.5) is 5.95 Å². The van der Waals surface area contributed by atoms with E-state index in [1.165, 1.54) is 11.8 Å². The van der Waals surface area contributed by atoms with Gasteiger partial charge in [0.1, 0.15) is 0 Å². The summed E-state index contributed by atoms with van der Waals surface area (Å²) in [5.74, 6) is 3.27. The molecule has 2 aromatic rings. The predicted octanol–water partition coefficient (Wildman–Crippen LogP) is 1.25. The molecular formula is C18H21N5O2S. The van der Waals surface area contributed by atoms with Crippen LogP contribution in [0, 0.1) is 19.3 Å². The van der Waals surface area contributed by atoms with Crippen LogP contribution in [-0.2, 0) is 9.53 Å². The summed E-state index contributed by atoms with van der Waals surface area (Å²) in [7, 11) is 0. The van der Waals surface area contributed by atoms with Gasteiger partial charge >= 0.3 is 0 Å². The Hall–Kier alpha value is -2.50. The fourth-order valence-corrected chi connectivity index (χ4v) is 3.45. The molecule has 0 unspecified atom stereocenters. The van der Waals surface area contributed by atoms with Crippen LogP contribution in [0.1, 0.15) is 5.56 Å². The molecule has 0 bridgehead atoms. The second kappa shape index (κ2) is 8.74. The van der Waals surface area contributed by atoms with Gasteiger partial charge in [0, 0.05) is 13.1 Å². The average molecular weight is 371 g/mol. The van der Waals surface area contributed by atoms with Gasteiger partial charge in [-0.2, -0.15) is 0 Å². The van der Waals surface area contributed by atoms with Gasteiger partial charge in [0.15, 0.2) is 5.16 Å². The van der Waals surface area contributed by atoms with E-state index in [9.17, 15) is 4.79 Å². The number of aryl methyl sites for hydroxylation is 1. The number of hydrogen-bond donors (Lipinski definition) is 1. The molecule has 0 spiro atoms. The number of carbonyl (C=O) groups excluding carboxylic acids is 1. The molecule has 1 aliphatic rings. The minimum Gasteiger partial charge on any atom is -0.378 e. The van der Waals surface area contributed by atoms with Crippen molar-refractivity contribution in [3.8, 4) is 18.0 Å². The van der Waals surface area contributed by atoms with Crippen LogP contribution in [0.2, 0.25) is 0 Å². The molecule has 0 radical (unpaired) electrons. The van der Waals surface area contributed by atoms with Gasteiger partial charge in [-0.3, -0.25) is 9.36 Å². The zero-order chi connectivity index (χ0) is 18.4. The third kappa shape index (κ3) is 4.18. The first-order valence-electron chi connectivity index (χ1n) is 8.38. The normalized spacial score (nSPS) is 14.1. The monoisotopic (exact) mass is 371 g/mol. The van der Waals surface area contributed by atoms with Gasteiger partial charge in [-0.05, 0) is 18.6 Å². The number of morpholine rings is 1. The van der Waals surface area contributed by atoms with Crippen molar-refractivity contribution < 1.29 is 9.53 Å². The van der Waals surface area contributed by atoms with E-state index in [2.05, 4.69) is 26.3 Å². The van der Waals surface area contributed by atoms with Gasteiger partial charge < -0.3 is 15.0 Å². The Bertz CT molecular complexity index is 808. The van der Waals surface area contributed by atoms with Crippen molar-refractivity contribution in [3.05, 3.63) is 29.8 Å². The lowest BCUT2D eigenvalue weighted by atomic mass is 10.2. The maximum absolute atomic E-state index is 11.9. The summed E-state index contributed by atoms with van der Waals surface area (Å²) in [6, 6.07) is 8.06. The van der Waals surface area contributed by atoms with Crippen LogP contribution in [0.5, 0.6) is 0 Å². The summed E-state index contributed by atoms with van der Waals surface area (Å²) < 4.78 is 7.45. The van der Waals surface area contributed by atoms with Crippen LogP contribution in [0.15, 0.2) is 29.4 Å². The molecule has 2 heterocycles. The molecular weight excluding hydrogens is 350 g/mol. The number of nitrogens with zero attached hydrogens (tertiary/aromatic N) is 4. The van der Waals surface area contributed by atoms with Crippen molar-refractivity contribution in [2.45, 2.75) is 12.1 Å². The molecule has 1 amide bonds. The zero-order valence-corrected chi connectivity index (χ0v) is 15.5. The van der Waals surface area contributed by atoms with Crippen molar-refractivity contribution in [1.82, 2.24) is 20.1 Å². The van der Waals surface area contributed by atoms with Gasteiger partial charge in [-0.15, -0.1) is 16.6 Å². The molecule has 7 nitrogen and oxygen atoms in total. The number of amides is 1. The van der Waals surface area contributed by atoms with E-state index in [1.807, 2.05) is 35.8 Å². The van der Waals surface area contributed by atoms with Gasteiger partial charge in [0.2, 0.25) is 11.9 Å². The van der Waals surface area contributed by atoms with Gasteiger partial charge in [-0.25, -0.2) is 0 Å². The van der Waals surface area contributed by atoms with Crippen LogP contribution >= 0.6 is 11.8 Å². The van der Waals surface area contributed by atoms with E-state index in [0.29, 0.717) is 18.4 Å². The second-order valence-electron chi connectivity index (χ2n) is 5.77. The molecule has 1 aromatic heterocycles. The largest absolute Gasteiger partial charge is 0.378 e. The quantitative estimate of drug-likeness (QED) is 0.609. The van der Waals surface area contributed by atoms with Crippen LogP contribution in [0.3, 0.4) is 0 Å². The maximum Gasteiger partial charge on any atom is 0.232 e. The number of nitrogens with one attached hydrogen (secondary N) is 1. The first-order valence-corrected chi connectivity index (χ1v) is 9.36. The number of para-hydroxylation sites is 1. The molecule has 8 heteroatoms. The highest BCUT2D eigenvalue weighted by molar-refractivity contribution is 7.99. The summed E-state index contributed by atoms with van der Waals surface area (Å²) in [4.78, 5) is 14.0. The molecule has 3 rings (SSSR count). The second-order valence-corrected chi connectivity index (χ2v) is 6.72. The minimum absolute atomic E-state index is 0.125. The minimum atomic E-state index is -0.125. The Kier molecular flexibility index (Phi) is 6.15. The number of thioether (sulfide) groups is 1. The Balaban J connectivity index is 1.89. The van der Waals surface area contributed by atoms with E-state index >= 15 is 0 Å². The molecule has 136 valence electrons. The molecule has 0 atom stereocenters. The highest BCUT2D eigenvalue weighted by Crippen LogP contribution is 2.28. The fourth-order valence-electron chi connectivity index (χ4n) is 2.68. The molecule has 1 aliphatic heterocycles. The van der Waals surface area contributed by atoms with Crippen LogP contribution < -0.4 is 10.2 Å². The lowest BCUT2D eigenvalue weighted by Gasteiger charge is -2.28. The lowest BCUT2D eigenvalue weighted by molar-refractivity contribution is -0.118. The van der Waals surface area contributed by atoms with Crippen LogP contribution in [0.25, 0.3) is 5.69 Å². The summed E-state index contributed by atoms with van der Waals surface area (Å²) >= 11 is 1.34. The summed E-state index contributed by atoms with van der Waals surface area (Å²) in [6.45, 7) is 5.12. The summed E-state index contributed by atoms with van der Waals surface area (Å²) in [6.07, 6.45) is 5.17. The van der Waals surface area contributed by atoms with E-state index in [-0.39, 0.29) is 18.2 Å². The molecule has 26 heavy (non-hydrogen) atoms. The highest BCUT2D eigenvalue weighted by atomic mass is 32.2. The molecule has 1 saturated heterocycles. The molecule has 1 aromatic carbocycles. The third-order valence-corrected chi connectivity index (χ3v) is 4.92. The van der Waals surface area contributed by atoms with Crippen molar-refractivity contribution in [3.63, 3.8) is 0 Å². The first kappa shape index (κ1) is 18.3. The molecule has 1 N–H and O–H groups in total. The molecule has 1 fully saturated rings. The number of hydrogen-bond acceptors (Lipinski definition) is 6. The van der Waals surface area contributed by atoms with Crippen molar-refractivity contribution >= 4 is 23.6 Å². The van der Waals surface area contributed by atoms with Crippen LogP contribution in [-0.4, -0.2) is 59.3 Å². The third-order valence-electron chi connectivity index (χ3n) is 3.99. The van der Waals surface area contributed by atoms with E-state index in [0.717, 1.165) is 30.3 Å². The number of carbonyl (C=O) groups is 1. The van der Waals surface area contributed by atoms with Gasteiger partial charge in [-0.1, -0.05) is 35.9 Å². The van der Waals surface area contributed by atoms with Gasteiger partial charge in [0.25, 0.3) is 0 Å². The Morgan fingerprint density at radius 2 is 2.12 bits per heavy atom. The predicted molar refractivity (Wildman–Crippen MR) is 102 cm³/mol. The fraction of sp³-hybridized carbons (Fsp3) is 0.389. The SMILES string of the molecule is C#CCNC(=O)CSc1nnc(N2CCOCC2)n1-c1ccccc1C. The molecule has 0 aliphatic carbocycles. The Labute approximate surface area is 157 Å². The number of aromatic nitrogens is 3. The maximum atomic E-state index is 11.9. The topological polar surface area (TPSA) is 72.3 Å². The number of benzene rings is 1. The zero-order valence-electron chi connectivity index (χ0n) is 14.6. The number of anilines is 1. The van der Waals surface area contributed by atoms with Crippen molar-refractivity contribution in [2.24, 2.45) is 0 Å². The van der Waals surface area contributed by atoms with Gasteiger partial charge in [0.05, 0.1) is 31.2 Å². The number of ether oxygens (including phenoxy) is 1. The first-order chi connectivity index (χ1) is 12.7. The smallest absolute Gasteiger partial charge is 0.232 e. The summed E-state index contributed by atoms with van der Waals surface area (Å²) in [5, 5.41) is 12.1. The van der Waals surface area contributed by atoms with Crippen molar-refractivity contribution in [2.75, 3.05) is 43.5 Å². The van der Waals surface area contributed by atoms with Crippen molar-refractivity contribution in [1.29, 1.82) is 0 Å². The number of rotatable bonds is 6. The highest BCUT2D eigenvalue weighted by Gasteiger charge is 2.22. The standard InChI is InChI=1S/C18H21N5O2S/c1-3-8-19-16(24)13-26-18-21-20-17(22-9-11-25-12-10-22)23(18)15-7-5-4-6-14(15)2/h1,4-7H,8-13H2,2H3,(H,19,24). The average Bonchev–Trinajstić information content (AvgIpc) is 3.09. The Morgan fingerprint density at radius 3 is 2.85 bits per heavy atom. The lowest BCUT2D eigenvalue weighted by Crippen LogP contribution is -2.38. The molecule has 0 saturated carbocycles. The van der Waals surface area contributed by atoms with E-state index < -0.39 is 0 Å². The number of terminal acetylenes is 1. The summed E-state index contributed by atoms with van der Waals surface area (Å²) in [5.41, 5.74) is 2.12.